The van der Waals surface area contributed by atoms with Crippen LogP contribution >= 0.6 is 0 Å². The molecule has 1 aliphatic rings. The summed E-state index contributed by atoms with van der Waals surface area (Å²) in [6.07, 6.45) is 0. The number of nitrogens with zero attached hydrogens (tertiary/aromatic N) is 1. The van der Waals surface area contributed by atoms with E-state index < -0.39 is 5.41 Å². The minimum atomic E-state index is -0.505. The number of hydrogen-bond acceptors (Lipinski definition) is 1. The van der Waals surface area contributed by atoms with Crippen LogP contribution in [0.3, 0.4) is 0 Å². The molecule has 0 bridgehead atoms. The van der Waals surface area contributed by atoms with Crippen molar-refractivity contribution < 1.29 is 0 Å². The fraction of sp³-hybridized carbons (Fsp3) is 0.0182. The van der Waals surface area contributed by atoms with Crippen LogP contribution in [-0.4, -0.2) is 0 Å². The molecule has 264 valence electrons. The summed E-state index contributed by atoms with van der Waals surface area (Å²) in [5.74, 6) is 0. The molecule has 9 aromatic rings. The van der Waals surface area contributed by atoms with Crippen LogP contribution in [-0.2, 0) is 5.41 Å². The lowest BCUT2D eigenvalue weighted by Gasteiger charge is -2.35. The maximum Gasteiger partial charge on any atom is 0.0714 e. The largest absolute Gasteiger partial charge is 0.310 e. The highest BCUT2D eigenvalue weighted by Crippen LogP contribution is 2.57. The summed E-state index contributed by atoms with van der Waals surface area (Å²) in [4.78, 5) is 2.46. The lowest BCUT2D eigenvalue weighted by Crippen LogP contribution is -2.28. The number of benzene rings is 9. The maximum absolute atomic E-state index is 2.46. The predicted octanol–water partition coefficient (Wildman–Crippen LogP) is 14.5. The molecule has 10 rings (SSSR count). The molecule has 0 fully saturated rings. The number of para-hydroxylation sites is 1. The van der Waals surface area contributed by atoms with E-state index in [2.05, 4.69) is 241 Å². The molecular formula is C55H39N. The Morgan fingerprint density at radius 1 is 0.286 bits per heavy atom. The molecule has 0 N–H and O–H groups in total. The zero-order valence-corrected chi connectivity index (χ0v) is 31.0. The minimum Gasteiger partial charge on any atom is -0.310 e. The summed E-state index contributed by atoms with van der Waals surface area (Å²) in [6.45, 7) is 0. The van der Waals surface area contributed by atoms with Crippen LogP contribution in [0.15, 0.2) is 237 Å². The number of rotatable bonds is 8. The van der Waals surface area contributed by atoms with Crippen molar-refractivity contribution in [2.24, 2.45) is 0 Å². The fourth-order valence-corrected chi connectivity index (χ4v) is 8.92. The first kappa shape index (κ1) is 33.4. The molecule has 1 heteroatoms. The Morgan fingerprint density at radius 2 is 0.768 bits per heavy atom. The van der Waals surface area contributed by atoms with Gasteiger partial charge in [-0.05, 0) is 91.5 Å². The predicted molar refractivity (Wildman–Crippen MR) is 235 cm³/mol. The molecule has 56 heavy (non-hydrogen) atoms. The van der Waals surface area contributed by atoms with Gasteiger partial charge in [0.15, 0.2) is 0 Å². The molecule has 1 aliphatic carbocycles. The van der Waals surface area contributed by atoms with Gasteiger partial charge in [0.05, 0.1) is 11.1 Å². The fourth-order valence-electron chi connectivity index (χ4n) is 8.92. The molecule has 0 radical (unpaired) electrons. The van der Waals surface area contributed by atoms with Crippen molar-refractivity contribution in [3.8, 4) is 44.5 Å². The van der Waals surface area contributed by atoms with Gasteiger partial charge in [-0.2, -0.15) is 0 Å². The number of fused-ring (bicyclic) bond motifs is 3. The van der Waals surface area contributed by atoms with Crippen LogP contribution in [0.25, 0.3) is 44.5 Å². The van der Waals surface area contributed by atoms with Gasteiger partial charge < -0.3 is 4.90 Å². The van der Waals surface area contributed by atoms with Crippen molar-refractivity contribution >= 4 is 17.1 Å². The topological polar surface area (TPSA) is 3.24 Å². The average molecular weight is 714 g/mol. The SMILES string of the molecule is c1ccc(-c2ccc(-c3c(-c4ccccc4)cccc3N(c3ccccc3)c3ccc4c(c3)C(c3ccccc3)(c3ccccc3)c3ccccc3-4)cc2)cc1. The second kappa shape index (κ2) is 14.2. The highest BCUT2D eigenvalue weighted by Gasteiger charge is 2.46. The van der Waals surface area contributed by atoms with E-state index in [0.717, 1.165) is 22.6 Å². The van der Waals surface area contributed by atoms with E-state index in [4.69, 9.17) is 0 Å². The molecule has 9 aromatic carbocycles. The summed E-state index contributed by atoms with van der Waals surface area (Å²) in [5.41, 5.74) is 17.6. The van der Waals surface area contributed by atoms with Crippen LogP contribution in [0.2, 0.25) is 0 Å². The van der Waals surface area contributed by atoms with Gasteiger partial charge in [-0.15, -0.1) is 0 Å². The van der Waals surface area contributed by atoms with E-state index in [-0.39, 0.29) is 0 Å². The molecule has 0 saturated carbocycles. The summed E-state index contributed by atoms with van der Waals surface area (Å²) in [6, 6.07) is 86.2. The Bertz CT molecular complexity index is 2720. The van der Waals surface area contributed by atoms with E-state index in [0.29, 0.717) is 0 Å². The van der Waals surface area contributed by atoms with Gasteiger partial charge in [0.25, 0.3) is 0 Å². The first-order valence-electron chi connectivity index (χ1n) is 19.4. The normalized spacial score (nSPS) is 12.4. The maximum atomic E-state index is 2.46. The molecule has 0 saturated heterocycles. The number of anilines is 3. The zero-order valence-electron chi connectivity index (χ0n) is 31.0. The van der Waals surface area contributed by atoms with Gasteiger partial charge in [0, 0.05) is 16.9 Å². The molecule has 1 nitrogen and oxygen atoms in total. The molecular weight excluding hydrogens is 675 g/mol. The van der Waals surface area contributed by atoms with Crippen LogP contribution in [0.1, 0.15) is 22.3 Å². The molecule has 0 atom stereocenters. The van der Waals surface area contributed by atoms with Gasteiger partial charge in [0.2, 0.25) is 0 Å². The third-order valence-corrected chi connectivity index (χ3v) is 11.4. The Kier molecular flexibility index (Phi) is 8.46. The van der Waals surface area contributed by atoms with Crippen molar-refractivity contribution in [1.82, 2.24) is 0 Å². The lowest BCUT2D eigenvalue weighted by molar-refractivity contribution is 0.768. The van der Waals surface area contributed by atoms with Gasteiger partial charge in [0.1, 0.15) is 0 Å². The monoisotopic (exact) mass is 713 g/mol. The van der Waals surface area contributed by atoms with E-state index in [1.165, 1.54) is 61.2 Å². The Hall–Kier alpha value is -7.22. The van der Waals surface area contributed by atoms with Crippen LogP contribution in [0.4, 0.5) is 17.1 Å². The van der Waals surface area contributed by atoms with E-state index in [9.17, 15) is 0 Å². The molecule has 0 aliphatic heterocycles. The van der Waals surface area contributed by atoms with E-state index >= 15 is 0 Å². The van der Waals surface area contributed by atoms with E-state index in [1.807, 2.05) is 0 Å². The Labute approximate surface area is 329 Å². The quantitative estimate of drug-likeness (QED) is 0.152. The van der Waals surface area contributed by atoms with Crippen molar-refractivity contribution in [1.29, 1.82) is 0 Å². The smallest absolute Gasteiger partial charge is 0.0714 e. The highest BCUT2D eigenvalue weighted by molar-refractivity contribution is 5.98. The molecule has 0 amide bonds. The molecule has 0 heterocycles. The van der Waals surface area contributed by atoms with Gasteiger partial charge in [-0.1, -0.05) is 206 Å². The van der Waals surface area contributed by atoms with Crippen LogP contribution in [0, 0.1) is 0 Å². The molecule has 0 aromatic heterocycles. The summed E-state index contributed by atoms with van der Waals surface area (Å²) in [7, 11) is 0. The molecule has 0 spiro atoms. The molecule has 0 unspecified atom stereocenters. The van der Waals surface area contributed by atoms with Crippen molar-refractivity contribution in [3.63, 3.8) is 0 Å². The zero-order chi connectivity index (χ0) is 37.3. The average Bonchev–Trinajstić information content (AvgIpc) is 3.58. The lowest BCUT2D eigenvalue weighted by atomic mass is 9.67. The third kappa shape index (κ3) is 5.56. The van der Waals surface area contributed by atoms with Gasteiger partial charge in [-0.25, -0.2) is 0 Å². The number of hydrogen-bond donors (Lipinski definition) is 0. The third-order valence-electron chi connectivity index (χ3n) is 11.4. The van der Waals surface area contributed by atoms with Gasteiger partial charge >= 0.3 is 0 Å². The second-order valence-electron chi connectivity index (χ2n) is 14.4. The summed E-state index contributed by atoms with van der Waals surface area (Å²) < 4.78 is 0. The Balaban J connectivity index is 1.24. The van der Waals surface area contributed by atoms with Crippen molar-refractivity contribution in [2.45, 2.75) is 5.41 Å². The van der Waals surface area contributed by atoms with E-state index in [1.54, 1.807) is 0 Å². The highest BCUT2D eigenvalue weighted by atomic mass is 15.1. The van der Waals surface area contributed by atoms with Gasteiger partial charge in [-0.3, -0.25) is 0 Å². The Morgan fingerprint density at radius 3 is 1.41 bits per heavy atom. The summed E-state index contributed by atoms with van der Waals surface area (Å²) in [5, 5.41) is 0. The minimum absolute atomic E-state index is 0.505. The first-order valence-corrected chi connectivity index (χ1v) is 19.4. The van der Waals surface area contributed by atoms with Crippen LogP contribution < -0.4 is 4.90 Å². The first-order chi connectivity index (χ1) is 27.8. The standard InChI is InChI=1S/C55H39N/c1-6-19-40(20-7-1)41-33-35-43(36-34-41)54-48(42-21-8-2-9-22-42)30-18-32-53(54)56(46-27-14-5-15-28-46)47-37-38-50-49-29-16-17-31-51(49)55(52(50)39-47,44-23-10-3-11-24-44)45-25-12-4-13-26-45/h1-39H. The van der Waals surface area contributed by atoms with Crippen molar-refractivity contribution in [3.05, 3.63) is 259 Å². The summed E-state index contributed by atoms with van der Waals surface area (Å²) >= 11 is 0. The van der Waals surface area contributed by atoms with Crippen molar-refractivity contribution in [2.75, 3.05) is 4.90 Å². The van der Waals surface area contributed by atoms with Crippen LogP contribution in [0.5, 0.6) is 0 Å². The second-order valence-corrected chi connectivity index (χ2v) is 14.4.